The van der Waals surface area contributed by atoms with E-state index in [-0.39, 0.29) is 6.67 Å². The number of hydrogen-bond donors (Lipinski definition) is 1. The van der Waals surface area contributed by atoms with E-state index in [4.69, 9.17) is 4.74 Å². The Morgan fingerprint density at radius 1 is 1.41 bits per heavy atom. The van der Waals surface area contributed by atoms with Crippen LogP contribution in [0.2, 0.25) is 0 Å². The molecule has 0 aliphatic rings. The van der Waals surface area contributed by atoms with Crippen LogP contribution in [0.3, 0.4) is 0 Å². The Bertz CT molecular complexity index is 473. The van der Waals surface area contributed by atoms with Gasteiger partial charge < -0.3 is 9.72 Å². The molecule has 0 radical (unpaired) electrons. The first-order chi connectivity index (χ1) is 8.31. The highest BCUT2D eigenvalue weighted by Crippen LogP contribution is 2.29. The summed E-state index contributed by atoms with van der Waals surface area (Å²) in [7, 11) is 0. The number of nitrogens with one attached hydrogen (secondary N) is 1. The predicted octanol–water partition coefficient (Wildman–Crippen LogP) is 3.58. The summed E-state index contributed by atoms with van der Waals surface area (Å²) in [5, 5.41) is 0. The monoisotopic (exact) mass is 298 g/mol. The lowest BCUT2D eigenvalue weighted by Crippen LogP contribution is -1.98. The topological polar surface area (TPSA) is 37.9 Å². The van der Waals surface area contributed by atoms with Gasteiger partial charge in [-0.05, 0) is 34.1 Å². The predicted molar refractivity (Wildman–Crippen MR) is 67.8 cm³/mol. The number of aromatic amines is 1. The zero-order chi connectivity index (χ0) is 12.1. The summed E-state index contributed by atoms with van der Waals surface area (Å²) < 4.78 is 18.2. The van der Waals surface area contributed by atoms with Gasteiger partial charge >= 0.3 is 0 Å². The van der Waals surface area contributed by atoms with Gasteiger partial charge in [-0.1, -0.05) is 0 Å². The van der Waals surface area contributed by atoms with Crippen LogP contribution in [-0.4, -0.2) is 23.2 Å². The molecule has 2 rings (SSSR count). The SMILES string of the molecule is FCCCOc1ccc(-c2ncc[nH]2)c(Br)c1. The van der Waals surface area contributed by atoms with Crippen LogP contribution in [0.1, 0.15) is 6.42 Å². The fraction of sp³-hybridized carbons (Fsp3) is 0.250. The Balaban J connectivity index is 2.12. The van der Waals surface area contributed by atoms with Crippen molar-refractivity contribution in [1.29, 1.82) is 0 Å². The molecule has 0 amide bonds. The van der Waals surface area contributed by atoms with Crippen molar-refractivity contribution < 1.29 is 9.13 Å². The summed E-state index contributed by atoms with van der Waals surface area (Å²) in [5.74, 6) is 1.52. The van der Waals surface area contributed by atoms with Gasteiger partial charge in [0.2, 0.25) is 0 Å². The van der Waals surface area contributed by atoms with Crippen molar-refractivity contribution in [2.24, 2.45) is 0 Å². The van der Waals surface area contributed by atoms with E-state index in [0.29, 0.717) is 13.0 Å². The molecule has 1 N–H and O–H groups in total. The second kappa shape index (κ2) is 5.82. The molecule has 17 heavy (non-hydrogen) atoms. The number of alkyl halides is 1. The number of hydrogen-bond acceptors (Lipinski definition) is 2. The molecule has 0 fully saturated rings. The number of rotatable bonds is 5. The lowest BCUT2D eigenvalue weighted by atomic mass is 10.2. The Morgan fingerprint density at radius 2 is 2.29 bits per heavy atom. The maximum absolute atomic E-state index is 11.9. The molecule has 90 valence electrons. The van der Waals surface area contributed by atoms with Crippen LogP contribution >= 0.6 is 15.9 Å². The lowest BCUT2D eigenvalue weighted by Gasteiger charge is -2.07. The van der Waals surface area contributed by atoms with E-state index in [0.717, 1.165) is 21.6 Å². The van der Waals surface area contributed by atoms with Gasteiger partial charge in [0.25, 0.3) is 0 Å². The summed E-state index contributed by atoms with van der Waals surface area (Å²) in [6, 6.07) is 5.62. The average molecular weight is 299 g/mol. The Hall–Kier alpha value is -1.36. The summed E-state index contributed by atoms with van der Waals surface area (Å²) in [6.45, 7) is 0.0364. The summed E-state index contributed by atoms with van der Waals surface area (Å²) in [4.78, 5) is 7.21. The highest BCUT2D eigenvalue weighted by atomic mass is 79.9. The third kappa shape index (κ3) is 3.06. The molecule has 3 nitrogen and oxygen atoms in total. The molecule has 0 aliphatic carbocycles. The maximum Gasteiger partial charge on any atom is 0.138 e. The zero-order valence-corrected chi connectivity index (χ0v) is 10.7. The minimum atomic E-state index is -0.356. The molecular weight excluding hydrogens is 287 g/mol. The minimum absolute atomic E-state index is 0.356. The number of halogens is 2. The van der Waals surface area contributed by atoms with E-state index >= 15 is 0 Å². The van der Waals surface area contributed by atoms with Crippen LogP contribution in [-0.2, 0) is 0 Å². The van der Waals surface area contributed by atoms with Gasteiger partial charge in [-0.3, -0.25) is 4.39 Å². The third-order valence-electron chi connectivity index (χ3n) is 2.24. The number of ether oxygens (including phenoxy) is 1. The van der Waals surface area contributed by atoms with Crippen molar-refractivity contribution in [3.05, 3.63) is 35.1 Å². The van der Waals surface area contributed by atoms with E-state index < -0.39 is 0 Å². The summed E-state index contributed by atoms with van der Waals surface area (Å²) in [5.41, 5.74) is 0.966. The molecule has 0 spiro atoms. The van der Waals surface area contributed by atoms with Crippen LogP contribution in [0.5, 0.6) is 5.75 Å². The van der Waals surface area contributed by atoms with E-state index in [1.807, 2.05) is 18.2 Å². The van der Waals surface area contributed by atoms with Crippen molar-refractivity contribution in [2.45, 2.75) is 6.42 Å². The van der Waals surface area contributed by atoms with Crippen molar-refractivity contribution in [1.82, 2.24) is 9.97 Å². The Labute approximate surface area is 107 Å². The van der Waals surface area contributed by atoms with E-state index in [2.05, 4.69) is 25.9 Å². The fourth-order valence-corrected chi connectivity index (χ4v) is 1.98. The summed E-state index contributed by atoms with van der Waals surface area (Å²) in [6.07, 6.45) is 3.89. The first-order valence-corrected chi connectivity index (χ1v) is 6.08. The van der Waals surface area contributed by atoms with Crippen LogP contribution in [0.25, 0.3) is 11.4 Å². The molecule has 0 unspecified atom stereocenters. The Morgan fingerprint density at radius 3 is 2.94 bits per heavy atom. The molecule has 1 heterocycles. The molecule has 1 aromatic carbocycles. The first-order valence-electron chi connectivity index (χ1n) is 5.29. The van der Waals surface area contributed by atoms with Crippen LogP contribution in [0, 0.1) is 0 Å². The second-order valence-corrected chi connectivity index (χ2v) is 4.32. The summed E-state index contributed by atoms with van der Waals surface area (Å²) >= 11 is 3.46. The number of benzene rings is 1. The molecule has 0 aliphatic heterocycles. The second-order valence-electron chi connectivity index (χ2n) is 3.47. The van der Waals surface area contributed by atoms with Gasteiger partial charge in [-0.25, -0.2) is 4.98 Å². The standard InChI is InChI=1S/C12H12BrFN2O/c13-11-8-9(17-7-1-4-14)2-3-10(11)12-15-5-6-16-12/h2-3,5-6,8H,1,4,7H2,(H,15,16). The minimum Gasteiger partial charge on any atom is -0.493 e. The molecule has 0 saturated heterocycles. The molecule has 2 aromatic rings. The van der Waals surface area contributed by atoms with Crippen LogP contribution in [0.15, 0.2) is 35.1 Å². The number of nitrogens with zero attached hydrogens (tertiary/aromatic N) is 1. The van der Waals surface area contributed by atoms with E-state index in [9.17, 15) is 4.39 Å². The molecule has 1 aromatic heterocycles. The van der Waals surface area contributed by atoms with Crippen molar-refractivity contribution in [2.75, 3.05) is 13.3 Å². The van der Waals surface area contributed by atoms with Gasteiger partial charge in [0, 0.05) is 28.9 Å². The van der Waals surface area contributed by atoms with Gasteiger partial charge in [-0.15, -0.1) is 0 Å². The zero-order valence-electron chi connectivity index (χ0n) is 9.12. The maximum atomic E-state index is 11.9. The number of H-pyrrole nitrogens is 1. The van der Waals surface area contributed by atoms with Crippen LogP contribution < -0.4 is 4.74 Å². The number of aromatic nitrogens is 2. The molecular formula is C12H12BrFN2O. The third-order valence-corrected chi connectivity index (χ3v) is 2.90. The van der Waals surface area contributed by atoms with E-state index in [1.54, 1.807) is 12.4 Å². The van der Waals surface area contributed by atoms with Crippen molar-refractivity contribution >= 4 is 15.9 Å². The van der Waals surface area contributed by atoms with Crippen LogP contribution in [0.4, 0.5) is 4.39 Å². The normalized spacial score (nSPS) is 10.5. The highest BCUT2D eigenvalue weighted by Gasteiger charge is 2.06. The highest BCUT2D eigenvalue weighted by molar-refractivity contribution is 9.10. The van der Waals surface area contributed by atoms with Gasteiger partial charge in [0.05, 0.1) is 13.3 Å². The Kier molecular flexibility index (Phi) is 4.14. The molecule has 0 bridgehead atoms. The van der Waals surface area contributed by atoms with Gasteiger partial charge in [-0.2, -0.15) is 0 Å². The first kappa shape index (κ1) is 12.1. The van der Waals surface area contributed by atoms with Gasteiger partial charge in [0.1, 0.15) is 11.6 Å². The lowest BCUT2D eigenvalue weighted by molar-refractivity contribution is 0.289. The largest absolute Gasteiger partial charge is 0.493 e. The van der Waals surface area contributed by atoms with E-state index in [1.165, 1.54) is 0 Å². The fourth-order valence-electron chi connectivity index (χ4n) is 1.43. The molecule has 5 heteroatoms. The molecule has 0 saturated carbocycles. The number of imidazole rings is 1. The average Bonchev–Trinajstić information content (AvgIpc) is 2.83. The van der Waals surface area contributed by atoms with Crippen molar-refractivity contribution in [3.8, 4) is 17.1 Å². The van der Waals surface area contributed by atoms with Crippen molar-refractivity contribution in [3.63, 3.8) is 0 Å². The molecule has 0 atom stereocenters. The quantitative estimate of drug-likeness (QED) is 0.857. The smallest absolute Gasteiger partial charge is 0.138 e. The van der Waals surface area contributed by atoms with Gasteiger partial charge in [0.15, 0.2) is 0 Å².